The minimum absolute atomic E-state index is 0.0308. The van der Waals surface area contributed by atoms with Crippen molar-refractivity contribution in [2.24, 2.45) is 23.7 Å². The summed E-state index contributed by atoms with van der Waals surface area (Å²) in [5, 5.41) is 2.87. The first-order valence-corrected chi connectivity index (χ1v) is 18.0. The summed E-state index contributed by atoms with van der Waals surface area (Å²) < 4.78 is 23.8. The van der Waals surface area contributed by atoms with E-state index in [-0.39, 0.29) is 29.5 Å². The van der Waals surface area contributed by atoms with Crippen molar-refractivity contribution in [3.63, 3.8) is 0 Å². The maximum atomic E-state index is 13.7. The smallest absolute Gasteiger partial charge is 0.407 e. The van der Waals surface area contributed by atoms with Crippen LogP contribution in [0.5, 0.6) is 0 Å². The lowest BCUT2D eigenvalue weighted by atomic mass is 9.81. The van der Waals surface area contributed by atoms with Gasteiger partial charge in [-0.1, -0.05) is 70.7 Å². The Morgan fingerprint density at radius 3 is 2.49 bits per heavy atom. The Morgan fingerprint density at radius 1 is 1.18 bits per heavy atom. The highest BCUT2D eigenvalue weighted by molar-refractivity contribution is 6.76. The number of Topliss-reactive ketones (excluding diaryl/α,β-unsaturated/α-hetero) is 1. The van der Waals surface area contributed by atoms with Crippen molar-refractivity contribution in [1.29, 1.82) is 0 Å². The molecule has 1 aromatic carbocycles. The Hall–Kier alpha value is -2.23. The van der Waals surface area contributed by atoms with Crippen molar-refractivity contribution >= 4 is 25.9 Å². The molecule has 218 valence electrons. The van der Waals surface area contributed by atoms with Crippen LogP contribution in [0.15, 0.2) is 30.3 Å². The molecule has 8 nitrogen and oxygen atoms in total. The molecule has 3 rings (SSSR count). The lowest BCUT2D eigenvalue weighted by Gasteiger charge is -2.37. The van der Waals surface area contributed by atoms with Gasteiger partial charge in [0.2, 0.25) is 0 Å². The molecule has 7 atom stereocenters. The minimum Gasteiger partial charge on any atom is -0.460 e. The number of benzene rings is 1. The Kier molecular flexibility index (Phi) is 10.8. The van der Waals surface area contributed by atoms with E-state index in [2.05, 4.69) is 31.9 Å². The summed E-state index contributed by atoms with van der Waals surface area (Å²) in [6.45, 7) is 13.8. The topological polar surface area (TPSA) is 100 Å². The van der Waals surface area contributed by atoms with Gasteiger partial charge in [-0.25, -0.2) is 4.79 Å². The largest absolute Gasteiger partial charge is 0.460 e. The predicted octanol–water partition coefficient (Wildman–Crippen LogP) is 5.69. The van der Waals surface area contributed by atoms with E-state index in [0.29, 0.717) is 44.4 Å². The molecule has 0 aliphatic carbocycles. The van der Waals surface area contributed by atoms with Crippen molar-refractivity contribution in [2.75, 3.05) is 20.3 Å². The van der Waals surface area contributed by atoms with Crippen LogP contribution in [0.2, 0.25) is 25.7 Å². The Bertz CT molecular complexity index is 981. The average molecular weight is 562 g/mol. The number of ketones is 1. The highest BCUT2D eigenvalue weighted by atomic mass is 28.3. The molecule has 1 unspecified atom stereocenters. The van der Waals surface area contributed by atoms with E-state index < -0.39 is 38.1 Å². The monoisotopic (exact) mass is 561 g/mol. The average Bonchev–Trinajstić information content (AvgIpc) is 3.28. The van der Waals surface area contributed by atoms with Crippen molar-refractivity contribution in [3.05, 3.63) is 35.9 Å². The Balaban J connectivity index is 1.69. The second-order valence-electron chi connectivity index (χ2n) is 12.8. The van der Waals surface area contributed by atoms with Gasteiger partial charge in [0.05, 0.1) is 12.5 Å². The van der Waals surface area contributed by atoms with Gasteiger partial charge in [0.15, 0.2) is 11.6 Å². The van der Waals surface area contributed by atoms with E-state index in [4.69, 9.17) is 18.9 Å². The van der Waals surface area contributed by atoms with Crippen LogP contribution in [-0.2, 0) is 23.7 Å². The lowest BCUT2D eigenvalue weighted by molar-refractivity contribution is -0.257. The van der Waals surface area contributed by atoms with Gasteiger partial charge in [-0.15, -0.1) is 0 Å². The number of cyclic esters (lactones) is 1. The predicted molar refractivity (Wildman–Crippen MR) is 152 cm³/mol. The van der Waals surface area contributed by atoms with Crippen LogP contribution >= 0.6 is 0 Å². The highest BCUT2D eigenvalue weighted by Gasteiger charge is 2.56. The molecular weight excluding hydrogens is 514 g/mol. The number of amides is 1. The quantitative estimate of drug-likeness (QED) is 0.199. The number of hydrogen-bond donors (Lipinski definition) is 1. The fourth-order valence-electron chi connectivity index (χ4n) is 5.68. The van der Waals surface area contributed by atoms with Crippen LogP contribution in [-0.4, -0.2) is 64.2 Å². The number of ether oxygens (including phenoxy) is 4. The van der Waals surface area contributed by atoms with Gasteiger partial charge in [-0.3, -0.25) is 9.59 Å². The van der Waals surface area contributed by atoms with Crippen LogP contribution in [0.25, 0.3) is 0 Å². The van der Waals surface area contributed by atoms with Crippen LogP contribution in [0.1, 0.15) is 56.8 Å². The molecule has 0 aromatic heterocycles. The van der Waals surface area contributed by atoms with E-state index in [1.54, 1.807) is 7.11 Å². The van der Waals surface area contributed by atoms with Crippen molar-refractivity contribution in [2.45, 2.75) is 90.1 Å². The van der Waals surface area contributed by atoms with Gasteiger partial charge < -0.3 is 24.3 Å². The zero-order chi connectivity index (χ0) is 28.8. The summed E-state index contributed by atoms with van der Waals surface area (Å²) in [6.07, 6.45) is 0.580. The van der Waals surface area contributed by atoms with Gasteiger partial charge in [-0.2, -0.15) is 0 Å². The van der Waals surface area contributed by atoms with Crippen LogP contribution in [0, 0.1) is 23.7 Å². The fraction of sp³-hybridized carbons (Fsp3) is 0.700. The summed E-state index contributed by atoms with van der Waals surface area (Å²) in [6, 6.07) is 10.1. The summed E-state index contributed by atoms with van der Waals surface area (Å²) in [5.74, 6) is -1.63. The molecular formula is C30H47NO7Si. The van der Waals surface area contributed by atoms with E-state index in [1.807, 2.05) is 44.2 Å². The Morgan fingerprint density at radius 2 is 1.87 bits per heavy atom. The third-order valence-electron chi connectivity index (χ3n) is 7.96. The first-order chi connectivity index (χ1) is 18.3. The highest BCUT2D eigenvalue weighted by Crippen LogP contribution is 2.47. The molecule has 2 fully saturated rings. The summed E-state index contributed by atoms with van der Waals surface area (Å²) in [7, 11) is 0.344. The number of carbonyl (C=O) groups is 3. The fourth-order valence-corrected chi connectivity index (χ4v) is 6.40. The maximum Gasteiger partial charge on any atom is 0.407 e. The zero-order valence-electron chi connectivity index (χ0n) is 24.7. The molecule has 1 aromatic rings. The number of hydrogen-bond acceptors (Lipinski definition) is 7. The van der Waals surface area contributed by atoms with Gasteiger partial charge >= 0.3 is 12.1 Å². The van der Waals surface area contributed by atoms with E-state index in [9.17, 15) is 14.4 Å². The van der Waals surface area contributed by atoms with Crippen molar-refractivity contribution in [3.8, 4) is 0 Å². The summed E-state index contributed by atoms with van der Waals surface area (Å²) in [4.78, 5) is 38.2. The minimum atomic E-state index is -1.26. The van der Waals surface area contributed by atoms with Crippen LogP contribution < -0.4 is 5.32 Å². The maximum absolute atomic E-state index is 13.7. The molecule has 9 heteroatoms. The standard InChI is InChI=1S/C30H47NO7Si/c1-20-16-25(37-26(32)17-20)28-24(27(33)23-11-9-8-10-12-23)18-30(35-4,38-28)22(3)15-21(2)19-31-29(34)36-13-14-39(5,6)7/h8-12,20-22,24-25,28H,13-19H2,1-7H3,(H,31,34)/t20-,21+,22-,24+,25+,28-,30?/m1/s1. The van der Waals surface area contributed by atoms with Crippen molar-refractivity contribution < 1.29 is 33.3 Å². The number of esters is 1. The number of alkyl carbamates (subject to hydrolysis) is 1. The molecule has 2 aliphatic heterocycles. The van der Waals surface area contributed by atoms with E-state index in [0.717, 1.165) is 6.04 Å². The molecule has 1 amide bonds. The molecule has 39 heavy (non-hydrogen) atoms. The van der Waals surface area contributed by atoms with Crippen LogP contribution in [0.4, 0.5) is 4.79 Å². The van der Waals surface area contributed by atoms with E-state index in [1.165, 1.54) is 0 Å². The molecule has 0 radical (unpaired) electrons. The lowest BCUT2D eigenvalue weighted by Crippen LogP contribution is -2.45. The Labute approximate surface area is 234 Å². The van der Waals surface area contributed by atoms with Crippen molar-refractivity contribution in [1.82, 2.24) is 5.32 Å². The molecule has 1 N–H and O–H groups in total. The third-order valence-corrected chi connectivity index (χ3v) is 9.67. The second kappa shape index (κ2) is 13.4. The zero-order valence-corrected chi connectivity index (χ0v) is 25.7. The summed E-state index contributed by atoms with van der Waals surface area (Å²) in [5.41, 5.74) is 0.607. The van der Waals surface area contributed by atoms with Gasteiger partial charge in [0.1, 0.15) is 12.2 Å². The van der Waals surface area contributed by atoms with Gasteiger partial charge in [0, 0.05) is 46.1 Å². The number of nitrogens with one attached hydrogen (secondary N) is 1. The molecule has 0 spiro atoms. The first kappa shape index (κ1) is 31.3. The van der Waals surface area contributed by atoms with Gasteiger partial charge in [-0.05, 0) is 30.7 Å². The SMILES string of the molecule is COC1([C@H](C)C[C@H](C)CNC(=O)OCC[Si](C)(C)C)C[C@@H](C(=O)c2ccccc2)[C@H]([C@@H]2C[C@@H](C)CC(=O)O2)O1. The van der Waals surface area contributed by atoms with Crippen LogP contribution in [0.3, 0.4) is 0 Å². The number of methoxy groups -OCH3 is 1. The number of carbonyl (C=O) groups excluding carboxylic acids is 3. The normalized spacial score (nSPS) is 28.8. The molecule has 2 aliphatic rings. The second-order valence-corrected chi connectivity index (χ2v) is 18.4. The van der Waals surface area contributed by atoms with E-state index >= 15 is 0 Å². The summed E-state index contributed by atoms with van der Waals surface area (Å²) >= 11 is 0. The molecule has 0 bridgehead atoms. The first-order valence-electron chi connectivity index (χ1n) is 14.3. The third kappa shape index (κ3) is 8.62. The van der Waals surface area contributed by atoms with Gasteiger partial charge in [0.25, 0.3) is 0 Å². The molecule has 0 saturated carbocycles. The molecule has 2 saturated heterocycles. The number of rotatable bonds is 12. The molecule has 2 heterocycles.